The smallest absolute Gasteiger partial charge is 0.410 e. The van der Waals surface area contributed by atoms with Gasteiger partial charge in [-0.05, 0) is 85.5 Å². The summed E-state index contributed by atoms with van der Waals surface area (Å²) < 4.78 is 57.7. The van der Waals surface area contributed by atoms with Crippen LogP contribution >= 0.6 is 0 Å². The molecule has 0 aliphatic carbocycles. The summed E-state index contributed by atoms with van der Waals surface area (Å²) in [6, 6.07) is 10.1. The maximum absolute atomic E-state index is 17.9. The van der Waals surface area contributed by atoms with Gasteiger partial charge in [0, 0.05) is 75.2 Å². The molecule has 3 saturated heterocycles. The number of hydrogen-bond acceptors (Lipinski definition) is 10. The third-order valence-electron chi connectivity index (χ3n) is 13.4. The first-order valence-electron chi connectivity index (χ1n) is 23.2. The molecule has 3 aromatic carbocycles. The fourth-order valence-corrected chi connectivity index (χ4v) is 15.7. The molecule has 2 bridgehead atoms. The fourth-order valence-electron chi connectivity index (χ4n) is 10.5. The Hall–Kier alpha value is -4.55. The molecule has 11 nitrogen and oxygen atoms in total. The monoisotopic (exact) mass is 898 g/mol. The van der Waals surface area contributed by atoms with Gasteiger partial charge in [0.2, 0.25) is 0 Å². The van der Waals surface area contributed by atoms with Crippen molar-refractivity contribution in [2.45, 2.75) is 116 Å². The first-order valence-corrected chi connectivity index (χ1v) is 25.4. The van der Waals surface area contributed by atoms with Crippen molar-refractivity contribution in [1.82, 2.24) is 25.1 Å². The number of nitrogens with one attached hydrogen (secondary N) is 1. The van der Waals surface area contributed by atoms with Gasteiger partial charge in [-0.1, -0.05) is 66.5 Å². The predicted molar refractivity (Wildman–Crippen MR) is 254 cm³/mol. The number of benzene rings is 3. The number of aromatic nitrogens is 2. The van der Waals surface area contributed by atoms with E-state index in [-0.39, 0.29) is 53.5 Å². The number of halogens is 2. The summed E-state index contributed by atoms with van der Waals surface area (Å²) >= 11 is 0. The average Bonchev–Trinajstić information content (AvgIpc) is 3.51. The molecule has 3 aliphatic heterocycles. The molecule has 0 saturated carbocycles. The van der Waals surface area contributed by atoms with Crippen LogP contribution in [-0.4, -0.2) is 118 Å². The number of nitrogens with zero attached hydrogens (tertiary/aromatic N) is 5. The Balaban J connectivity index is 1.37. The number of anilines is 1. The Morgan fingerprint density at radius 2 is 1.58 bits per heavy atom. The van der Waals surface area contributed by atoms with Crippen LogP contribution in [0.25, 0.3) is 32.8 Å². The second-order valence-electron chi connectivity index (χ2n) is 20.0. The predicted octanol–water partition coefficient (Wildman–Crippen LogP) is 9.79. The molecule has 3 aliphatic rings. The molecule has 1 N–H and O–H groups in total. The molecule has 3 fully saturated rings. The number of piperazine rings is 2. The molecule has 64 heavy (non-hydrogen) atoms. The second kappa shape index (κ2) is 19.5. The van der Waals surface area contributed by atoms with Crippen molar-refractivity contribution in [3.63, 3.8) is 0 Å². The Morgan fingerprint density at radius 1 is 0.906 bits per heavy atom. The molecule has 14 heteroatoms. The first kappa shape index (κ1) is 47.4. The van der Waals surface area contributed by atoms with Crippen LogP contribution in [-0.2, 0) is 9.47 Å². The first-order chi connectivity index (χ1) is 30.4. The number of carbonyl (C=O) groups excluding carboxylic acids is 1. The number of rotatable bonds is 13. The summed E-state index contributed by atoms with van der Waals surface area (Å²) in [5, 5.41) is 5.07. The molecule has 346 valence electrons. The van der Waals surface area contributed by atoms with Crippen molar-refractivity contribution in [1.29, 1.82) is 0 Å². The Kier molecular flexibility index (Phi) is 14.4. The van der Waals surface area contributed by atoms with Crippen LogP contribution in [0.3, 0.4) is 0 Å². The van der Waals surface area contributed by atoms with Gasteiger partial charge in [0.25, 0.3) is 0 Å². The molecular formula is C50H68F2N6O5Si. The number of hydrogen-bond donors (Lipinski definition) is 1. The standard InChI is InChI=1S/C50H68F2N6O5Si/c1-31(2)64(32(3)4,33(5)6)23-18-40-43(51)17-12-35-24-38(62-30-60-11)25-42(44(35)40)39-15-16-41-46(45(39)52)54-48(61-29-34(7)26-56-21-19-53-20-22-56)55-47(41)57-27-36-13-14-37(28-57)58(36)49(59)63-50(8,9)10/h12,15-17,24-25,31-34,36-37,53H,13-14,19-22,26-30H2,1-11H3/t34-,36?,37?/m1/s1. The number of ether oxygens (including phenoxy) is 4. The maximum Gasteiger partial charge on any atom is 0.410 e. The van der Waals surface area contributed by atoms with E-state index in [2.05, 4.69) is 75.0 Å². The third-order valence-corrected chi connectivity index (χ3v) is 19.7. The van der Waals surface area contributed by atoms with Crippen molar-refractivity contribution in [2.24, 2.45) is 5.92 Å². The third kappa shape index (κ3) is 9.83. The van der Waals surface area contributed by atoms with Gasteiger partial charge in [-0.25, -0.2) is 13.6 Å². The molecule has 1 aromatic heterocycles. The van der Waals surface area contributed by atoms with E-state index < -0.39 is 25.3 Å². The van der Waals surface area contributed by atoms with Gasteiger partial charge in [-0.15, -0.1) is 5.54 Å². The van der Waals surface area contributed by atoms with Gasteiger partial charge in [0.15, 0.2) is 12.6 Å². The van der Waals surface area contributed by atoms with Crippen LogP contribution in [0.2, 0.25) is 16.6 Å². The lowest BCUT2D eigenvalue weighted by atomic mass is 9.93. The van der Waals surface area contributed by atoms with Crippen LogP contribution in [0.5, 0.6) is 11.8 Å². The molecule has 0 radical (unpaired) electrons. The normalized spacial score (nSPS) is 18.9. The van der Waals surface area contributed by atoms with Crippen molar-refractivity contribution in [2.75, 3.05) is 71.2 Å². The highest BCUT2D eigenvalue weighted by atomic mass is 28.3. The number of amides is 1. The van der Waals surface area contributed by atoms with Crippen molar-refractivity contribution >= 4 is 41.7 Å². The van der Waals surface area contributed by atoms with E-state index in [1.807, 2.05) is 37.8 Å². The lowest BCUT2D eigenvalue weighted by Crippen LogP contribution is -2.57. The topological polar surface area (TPSA) is 102 Å². The quantitative estimate of drug-likeness (QED) is 0.0794. The van der Waals surface area contributed by atoms with Crippen LogP contribution in [0.1, 0.15) is 87.6 Å². The highest BCUT2D eigenvalue weighted by Crippen LogP contribution is 2.44. The average molecular weight is 899 g/mol. The Bertz CT molecular complexity index is 2350. The van der Waals surface area contributed by atoms with Gasteiger partial charge in [-0.3, -0.25) is 4.90 Å². The van der Waals surface area contributed by atoms with Gasteiger partial charge in [-0.2, -0.15) is 9.97 Å². The van der Waals surface area contributed by atoms with Gasteiger partial charge in [0.1, 0.15) is 36.6 Å². The lowest BCUT2D eigenvalue weighted by Gasteiger charge is -2.42. The van der Waals surface area contributed by atoms with Crippen LogP contribution in [0.4, 0.5) is 19.4 Å². The van der Waals surface area contributed by atoms with E-state index in [0.717, 1.165) is 45.6 Å². The fraction of sp³-hybridized carbons (Fsp3) is 0.580. The van der Waals surface area contributed by atoms with Crippen LogP contribution in [0.15, 0.2) is 36.4 Å². The van der Waals surface area contributed by atoms with Gasteiger partial charge < -0.3 is 34.1 Å². The summed E-state index contributed by atoms with van der Waals surface area (Å²) in [4.78, 5) is 29.6. The highest BCUT2D eigenvalue weighted by molar-refractivity contribution is 6.90. The Morgan fingerprint density at radius 3 is 2.20 bits per heavy atom. The van der Waals surface area contributed by atoms with E-state index in [9.17, 15) is 4.79 Å². The molecular weight excluding hydrogens is 831 g/mol. The van der Waals surface area contributed by atoms with Crippen molar-refractivity contribution in [3.05, 3.63) is 53.6 Å². The summed E-state index contributed by atoms with van der Waals surface area (Å²) in [7, 11) is -0.755. The molecule has 3 atom stereocenters. The van der Waals surface area contributed by atoms with Crippen molar-refractivity contribution < 1.29 is 32.5 Å². The zero-order valence-corrected chi connectivity index (χ0v) is 40.7. The van der Waals surface area contributed by atoms with Gasteiger partial charge in [0.05, 0.1) is 24.3 Å². The minimum absolute atomic E-state index is 0.0299. The van der Waals surface area contributed by atoms with Gasteiger partial charge >= 0.3 is 12.1 Å². The highest BCUT2D eigenvalue weighted by Gasteiger charge is 2.45. The van der Waals surface area contributed by atoms with E-state index in [4.69, 9.17) is 28.9 Å². The maximum atomic E-state index is 17.9. The zero-order valence-electron chi connectivity index (χ0n) is 39.7. The SMILES string of the molecule is COCOc1cc(-c2ccc3c(N4CC5CCC(C4)N5C(=O)OC(C)(C)C)nc(OC[C@H](C)CN4CCNCC4)nc3c2F)c2c(C#C[Si](C(C)C)(C(C)C)C(C)C)c(F)ccc2c1. The van der Waals surface area contributed by atoms with Crippen molar-refractivity contribution in [3.8, 4) is 34.4 Å². The largest absolute Gasteiger partial charge is 0.468 e. The minimum Gasteiger partial charge on any atom is -0.468 e. The molecule has 1 amide bonds. The summed E-state index contributed by atoms with van der Waals surface area (Å²) in [5.41, 5.74) is 5.03. The van der Waals surface area contributed by atoms with E-state index in [0.29, 0.717) is 69.6 Å². The molecule has 0 spiro atoms. The number of fused-ring (bicyclic) bond motifs is 4. The van der Waals surface area contributed by atoms with E-state index in [1.54, 1.807) is 18.2 Å². The zero-order chi connectivity index (χ0) is 46.1. The minimum atomic E-state index is -2.29. The summed E-state index contributed by atoms with van der Waals surface area (Å²) in [6.45, 7) is 27.1. The summed E-state index contributed by atoms with van der Waals surface area (Å²) in [6.07, 6.45) is 1.32. The lowest BCUT2D eigenvalue weighted by molar-refractivity contribution is 0.0122. The number of carbonyl (C=O) groups is 1. The van der Waals surface area contributed by atoms with Crippen LogP contribution < -0.4 is 19.7 Å². The second-order valence-corrected chi connectivity index (χ2v) is 25.6. The van der Waals surface area contributed by atoms with E-state index in [1.165, 1.54) is 13.2 Å². The molecule has 2 unspecified atom stereocenters. The summed E-state index contributed by atoms with van der Waals surface area (Å²) in [5.74, 6) is 3.45. The molecule has 4 heterocycles. The van der Waals surface area contributed by atoms with E-state index >= 15 is 8.78 Å². The number of methoxy groups -OCH3 is 1. The molecule has 4 aromatic rings. The molecule has 7 rings (SSSR count). The Labute approximate surface area is 379 Å². The van der Waals surface area contributed by atoms with Crippen LogP contribution in [0, 0.1) is 29.0 Å².